The van der Waals surface area contributed by atoms with Gasteiger partial charge in [0.1, 0.15) is 0 Å². The lowest BCUT2D eigenvalue weighted by Crippen LogP contribution is -2.36. The maximum atomic E-state index is 12.3. The number of hydrogen-bond donors (Lipinski definition) is 1. The molecule has 2 rings (SSSR count). The second-order valence-electron chi connectivity index (χ2n) is 6.56. The van der Waals surface area contributed by atoms with Gasteiger partial charge in [0.15, 0.2) is 0 Å². The first kappa shape index (κ1) is 16.0. The maximum absolute atomic E-state index is 12.3. The van der Waals surface area contributed by atoms with Crippen molar-refractivity contribution in [2.45, 2.75) is 52.9 Å². The van der Waals surface area contributed by atoms with Crippen molar-refractivity contribution in [3.8, 4) is 0 Å². The predicted octanol–water partition coefficient (Wildman–Crippen LogP) is 5.16. The molecule has 0 saturated heterocycles. The van der Waals surface area contributed by atoms with Gasteiger partial charge in [-0.2, -0.15) is 0 Å². The SMILES string of the molecule is Cc1cc(C(=O)NCC2(CC(C)C)CCCC2)sc1Br. The Morgan fingerprint density at radius 2 is 2.10 bits per heavy atom. The lowest BCUT2D eigenvalue weighted by molar-refractivity contribution is 0.0926. The number of aryl methyl sites for hydroxylation is 1. The third-order valence-corrected chi connectivity index (χ3v) is 6.35. The lowest BCUT2D eigenvalue weighted by atomic mass is 9.78. The van der Waals surface area contributed by atoms with Crippen LogP contribution in [0.25, 0.3) is 0 Å². The van der Waals surface area contributed by atoms with Gasteiger partial charge >= 0.3 is 0 Å². The molecule has 1 aromatic heterocycles. The van der Waals surface area contributed by atoms with Gasteiger partial charge in [-0.05, 0) is 65.1 Å². The molecule has 0 aliphatic heterocycles. The molecule has 1 saturated carbocycles. The predicted molar refractivity (Wildman–Crippen MR) is 89.4 cm³/mol. The number of amides is 1. The highest BCUT2D eigenvalue weighted by molar-refractivity contribution is 9.11. The van der Waals surface area contributed by atoms with E-state index in [1.165, 1.54) is 43.4 Å². The highest BCUT2D eigenvalue weighted by atomic mass is 79.9. The van der Waals surface area contributed by atoms with Crippen LogP contribution in [-0.2, 0) is 0 Å². The van der Waals surface area contributed by atoms with Gasteiger partial charge in [0.25, 0.3) is 5.91 Å². The standard InChI is InChI=1S/C16H24BrNOS/c1-11(2)9-16(6-4-5-7-16)10-18-15(19)13-8-12(3)14(17)20-13/h8,11H,4-7,9-10H2,1-3H3,(H,18,19). The fourth-order valence-electron chi connectivity index (χ4n) is 3.37. The molecule has 0 bridgehead atoms. The molecule has 1 aliphatic rings. The molecule has 0 radical (unpaired) electrons. The number of hydrogen-bond acceptors (Lipinski definition) is 2. The summed E-state index contributed by atoms with van der Waals surface area (Å²) in [6.45, 7) is 7.41. The van der Waals surface area contributed by atoms with Crippen molar-refractivity contribution in [3.05, 3.63) is 20.3 Å². The molecule has 2 nitrogen and oxygen atoms in total. The third kappa shape index (κ3) is 3.85. The quantitative estimate of drug-likeness (QED) is 0.774. The fraction of sp³-hybridized carbons (Fsp3) is 0.688. The van der Waals surface area contributed by atoms with Crippen molar-refractivity contribution in [3.63, 3.8) is 0 Å². The van der Waals surface area contributed by atoms with E-state index in [4.69, 9.17) is 0 Å². The Bertz CT molecular complexity index is 455. The molecular formula is C16H24BrNOS. The van der Waals surface area contributed by atoms with Crippen molar-refractivity contribution >= 4 is 33.2 Å². The van der Waals surface area contributed by atoms with Gasteiger partial charge < -0.3 is 5.32 Å². The number of carbonyl (C=O) groups excluding carboxylic acids is 1. The minimum atomic E-state index is 0.0823. The first-order valence-electron chi connectivity index (χ1n) is 7.46. The molecule has 0 unspecified atom stereocenters. The summed E-state index contributed by atoms with van der Waals surface area (Å²) in [6.07, 6.45) is 6.37. The Morgan fingerprint density at radius 1 is 1.45 bits per heavy atom. The van der Waals surface area contributed by atoms with Gasteiger partial charge in [-0.1, -0.05) is 26.7 Å². The zero-order valence-corrected chi connectivity index (χ0v) is 15.0. The number of rotatable bonds is 5. The van der Waals surface area contributed by atoms with Crippen molar-refractivity contribution < 1.29 is 4.79 Å². The smallest absolute Gasteiger partial charge is 0.261 e. The molecule has 0 spiro atoms. The average molecular weight is 358 g/mol. The molecular weight excluding hydrogens is 334 g/mol. The molecule has 0 aromatic carbocycles. The summed E-state index contributed by atoms with van der Waals surface area (Å²) in [4.78, 5) is 13.1. The van der Waals surface area contributed by atoms with Crippen LogP contribution in [-0.4, -0.2) is 12.5 Å². The Labute approximate surface area is 134 Å². The largest absolute Gasteiger partial charge is 0.351 e. The minimum absolute atomic E-state index is 0.0823. The topological polar surface area (TPSA) is 29.1 Å². The van der Waals surface area contributed by atoms with E-state index in [9.17, 15) is 4.79 Å². The van der Waals surface area contributed by atoms with Crippen LogP contribution in [0, 0.1) is 18.3 Å². The van der Waals surface area contributed by atoms with Crippen molar-refractivity contribution in [1.82, 2.24) is 5.32 Å². The summed E-state index contributed by atoms with van der Waals surface area (Å²) in [5.74, 6) is 0.780. The van der Waals surface area contributed by atoms with Crippen LogP contribution in [0.2, 0.25) is 0 Å². The van der Waals surface area contributed by atoms with Crippen LogP contribution >= 0.6 is 27.3 Å². The molecule has 1 fully saturated rings. The number of thiophene rings is 1. The third-order valence-electron chi connectivity index (χ3n) is 4.21. The molecule has 1 heterocycles. The number of halogens is 1. The van der Waals surface area contributed by atoms with Crippen molar-refractivity contribution in [2.24, 2.45) is 11.3 Å². The second-order valence-corrected chi connectivity index (χ2v) is 8.93. The molecule has 1 amide bonds. The highest BCUT2D eigenvalue weighted by Gasteiger charge is 2.34. The fourth-order valence-corrected chi connectivity index (χ4v) is 4.82. The maximum Gasteiger partial charge on any atom is 0.261 e. The van der Waals surface area contributed by atoms with Gasteiger partial charge in [0.05, 0.1) is 8.66 Å². The molecule has 1 N–H and O–H groups in total. The van der Waals surface area contributed by atoms with E-state index in [2.05, 4.69) is 35.1 Å². The van der Waals surface area contributed by atoms with Crippen LogP contribution < -0.4 is 5.32 Å². The Morgan fingerprint density at radius 3 is 2.60 bits per heavy atom. The highest BCUT2D eigenvalue weighted by Crippen LogP contribution is 2.42. The summed E-state index contributed by atoms with van der Waals surface area (Å²) < 4.78 is 1.06. The van der Waals surface area contributed by atoms with E-state index in [1.807, 2.05) is 13.0 Å². The van der Waals surface area contributed by atoms with Crippen LogP contribution in [0.4, 0.5) is 0 Å². The Kier molecular flexibility index (Phi) is 5.30. The van der Waals surface area contributed by atoms with Gasteiger partial charge in [-0.3, -0.25) is 4.79 Å². The molecule has 0 atom stereocenters. The van der Waals surface area contributed by atoms with E-state index < -0.39 is 0 Å². The molecule has 112 valence electrons. The Hall–Kier alpha value is -0.350. The van der Waals surface area contributed by atoms with Crippen LogP contribution in [0.3, 0.4) is 0 Å². The monoisotopic (exact) mass is 357 g/mol. The van der Waals surface area contributed by atoms with Gasteiger partial charge in [-0.15, -0.1) is 11.3 Å². The summed E-state index contributed by atoms with van der Waals surface area (Å²) >= 11 is 5.01. The van der Waals surface area contributed by atoms with Gasteiger partial charge in [0, 0.05) is 6.54 Å². The molecule has 20 heavy (non-hydrogen) atoms. The number of carbonyl (C=O) groups is 1. The van der Waals surface area contributed by atoms with E-state index >= 15 is 0 Å². The molecule has 4 heteroatoms. The minimum Gasteiger partial charge on any atom is -0.351 e. The van der Waals surface area contributed by atoms with E-state index in [1.54, 1.807) is 0 Å². The summed E-state index contributed by atoms with van der Waals surface area (Å²) in [5, 5.41) is 3.18. The molecule has 1 aliphatic carbocycles. The van der Waals surface area contributed by atoms with E-state index in [0.29, 0.717) is 11.3 Å². The van der Waals surface area contributed by atoms with Gasteiger partial charge in [-0.25, -0.2) is 0 Å². The van der Waals surface area contributed by atoms with Crippen LogP contribution in [0.1, 0.15) is 61.2 Å². The zero-order valence-electron chi connectivity index (χ0n) is 12.6. The van der Waals surface area contributed by atoms with Crippen molar-refractivity contribution in [1.29, 1.82) is 0 Å². The van der Waals surface area contributed by atoms with Gasteiger partial charge in [0.2, 0.25) is 0 Å². The zero-order chi connectivity index (χ0) is 14.8. The van der Waals surface area contributed by atoms with E-state index in [-0.39, 0.29) is 5.91 Å². The average Bonchev–Trinajstić information content (AvgIpc) is 2.95. The molecule has 1 aromatic rings. The first-order valence-corrected chi connectivity index (χ1v) is 9.07. The van der Waals surface area contributed by atoms with Crippen LogP contribution in [0.15, 0.2) is 9.85 Å². The van der Waals surface area contributed by atoms with E-state index in [0.717, 1.165) is 20.8 Å². The first-order chi connectivity index (χ1) is 9.42. The second kappa shape index (κ2) is 6.61. The van der Waals surface area contributed by atoms with Crippen LogP contribution in [0.5, 0.6) is 0 Å². The normalized spacial score (nSPS) is 17.6. The van der Waals surface area contributed by atoms with Crippen molar-refractivity contribution in [2.75, 3.05) is 6.54 Å². The summed E-state index contributed by atoms with van der Waals surface area (Å²) in [5.41, 5.74) is 1.48. The number of nitrogens with one attached hydrogen (secondary N) is 1. The Balaban J connectivity index is 1.97. The lowest BCUT2D eigenvalue weighted by Gasteiger charge is -2.31. The summed E-state index contributed by atoms with van der Waals surface area (Å²) in [6, 6.07) is 1.97. The summed E-state index contributed by atoms with van der Waals surface area (Å²) in [7, 11) is 0.